The maximum absolute atomic E-state index is 13.0. The standard InChI is InChI=1S/C24H29N5O4S/c1-17-8-4-5-9-19(17)24(31)27-26-23(30)13-12-22-25-20-16-18(10-11-21(20)28(22)2)34(32,33)29-14-6-3-7-15-29/h4-5,8-11,16H,3,6-7,12-15H2,1-2H3,(H,26,30)(H,27,31). The molecule has 3 aromatic rings. The number of sulfonamides is 1. The Morgan fingerprint density at radius 1 is 1.03 bits per heavy atom. The lowest BCUT2D eigenvalue weighted by Crippen LogP contribution is -2.42. The van der Waals surface area contributed by atoms with Crippen LogP contribution in [0.2, 0.25) is 0 Å². The lowest BCUT2D eigenvalue weighted by atomic mass is 10.1. The molecule has 180 valence electrons. The maximum atomic E-state index is 13.0. The Kier molecular flexibility index (Phi) is 6.99. The highest BCUT2D eigenvalue weighted by atomic mass is 32.2. The molecule has 34 heavy (non-hydrogen) atoms. The van der Waals surface area contributed by atoms with Crippen molar-refractivity contribution in [3.63, 3.8) is 0 Å². The summed E-state index contributed by atoms with van der Waals surface area (Å²) < 4.78 is 29.4. The molecule has 0 spiro atoms. The number of nitrogens with zero attached hydrogens (tertiary/aromatic N) is 3. The Balaban J connectivity index is 1.40. The maximum Gasteiger partial charge on any atom is 0.269 e. The Labute approximate surface area is 199 Å². The molecule has 1 fully saturated rings. The van der Waals surface area contributed by atoms with Crippen molar-refractivity contribution < 1.29 is 18.0 Å². The van der Waals surface area contributed by atoms with Gasteiger partial charge in [-0.2, -0.15) is 4.31 Å². The molecule has 0 aliphatic carbocycles. The van der Waals surface area contributed by atoms with E-state index in [-0.39, 0.29) is 23.1 Å². The second-order valence-electron chi connectivity index (χ2n) is 8.52. The lowest BCUT2D eigenvalue weighted by Gasteiger charge is -2.25. The van der Waals surface area contributed by atoms with E-state index in [1.54, 1.807) is 30.3 Å². The number of carbonyl (C=O) groups is 2. The number of carbonyl (C=O) groups excluding carboxylic acids is 2. The first-order chi connectivity index (χ1) is 16.3. The van der Waals surface area contributed by atoms with Crippen LogP contribution in [-0.4, -0.2) is 47.2 Å². The number of aromatic nitrogens is 2. The Hall–Kier alpha value is -3.24. The van der Waals surface area contributed by atoms with E-state index in [2.05, 4.69) is 15.8 Å². The van der Waals surface area contributed by atoms with Crippen molar-refractivity contribution in [1.29, 1.82) is 0 Å². The quantitative estimate of drug-likeness (QED) is 0.523. The van der Waals surface area contributed by atoms with Crippen molar-refractivity contribution in [2.24, 2.45) is 7.05 Å². The number of fused-ring (bicyclic) bond motifs is 1. The van der Waals surface area contributed by atoms with E-state index in [9.17, 15) is 18.0 Å². The lowest BCUT2D eigenvalue weighted by molar-refractivity contribution is -0.121. The average molecular weight is 484 g/mol. The van der Waals surface area contributed by atoms with Crippen LogP contribution >= 0.6 is 0 Å². The zero-order valence-corrected chi connectivity index (χ0v) is 20.2. The van der Waals surface area contributed by atoms with Gasteiger partial charge in [0.2, 0.25) is 15.9 Å². The molecule has 0 bridgehead atoms. The third-order valence-corrected chi connectivity index (χ3v) is 8.07. The number of hydrogen-bond acceptors (Lipinski definition) is 5. The van der Waals surface area contributed by atoms with Gasteiger partial charge in [0.25, 0.3) is 5.91 Å². The molecule has 2 aromatic carbocycles. The van der Waals surface area contributed by atoms with E-state index in [4.69, 9.17) is 0 Å². The fourth-order valence-electron chi connectivity index (χ4n) is 4.18. The molecular weight excluding hydrogens is 454 g/mol. The number of hydrazine groups is 1. The number of amides is 2. The van der Waals surface area contributed by atoms with Gasteiger partial charge < -0.3 is 4.57 Å². The Bertz CT molecular complexity index is 1330. The monoisotopic (exact) mass is 483 g/mol. The highest BCUT2D eigenvalue weighted by Gasteiger charge is 2.26. The largest absolute Gasteiger partial charge is 0.331 e. The Morgan fingerprint density at radius 3 is 2.50 bits per heavy atom. The number of imidazole rings is 1. The van der Waals surface area contributed by atoms with Crippen LogP contribution in [0, 0.1) is 6.92 Å². The third-order valence-electron chi connectivity index (χ3n) is 6.18. The van der Waals surface area contributed by atoms with Crippen molar-refractivity contribution in [3.05, 3.63) is 59.4 Å². The van der Waals surface area contributed by atoms with Gasteiger partial charge in [0.1, 0.15) is 5.82 Å². The predicted octanol–water partition coefficient (Wildman–Crippen LogP) is 2.45. The number of rotatable bonds is 6. The van der Waals surface area contributed by atoms with Gasteiger partial charge >= 0.3 is 0 Å². The number of piperidine rings is 1. The summed E-state index contributed by atoms with van der Waals surface area (Å²) in [6.07, 6.45) is 3.26. The predicted molar refractivity (Wildman–Crippen MR) is 128 cm³/mol. The average Bonchev–Trinajstić information content (AvgIpc) is 3.16. The molecule has 2 heterocycles. The van der Waals surface area contributed by atoms with Gasteiger partial charge in [0.05, 0.1) is 15.9 Å². The first-order valence-electron chi connectivity index (χ1n) is 11.4. The van der Waals surface area contributed by atoms with Crippen LogP contribution in [-0.2, 0) is 28.3 Å². The fraction of sp³-hybridized carbons (Fsp3) is 0.375. The van der Waals surface area contributed by atoms with Gasteiger partial charge in [-0.05, 0) is 49.6 Å². The molecule has 1 aliphatic rings. The fourth-order valence-corrected chi connectivity index (χ4v) is 5.71. The van der Waals surface area contributed by atoms with Crippen molar-refractivity contribution in [3.8, 4) is 0 Å². The second kappa shape index (κ2) is 9.94. The second-order valence-corrected chi connectivity index (χ2v) is 10.5. The van der Waals surface area contributed by atoms with Gasteiger partial charge in [0, 0.05) is 38.5 Å². The molecule has 0 saturated carbocycles. The minimum Gasteiger partial charge on any atom is -0.331 e. The number of hydrogen-bond donors (Lipinski definition) is 2. The van der Waals surface area contributed by atoms with Gasteiger partial charge in [-0.3, -0.25) is 20.4 Å². The molecule has 2 amide bonds. The molecule has 1 saturated heterocycles. The number of nitrogens with one attached hydrogen (secondary N) is 2. The van der Waals surface area contributed by atoms with Gasteiger partial charge in [-0.1, -0.05) is 24.6 Å². The summed E-state index contributed by atoms with van der Waals surface area (Å²) in [6, 6.07) is 12.1. The van der Waals surface area contributed by atoms with Crippen molar-refractivity contribution in [1.82, 2.24) is 24.7 Å². The minimum atomic E-state index is -3.54. The molecular formula is C24H29N5O4S. The van der Waals surface area contributed by atoms with Crippen LogP contribution in [0.15, 0.2) is 47.4 Å². The topological polar surface area (TPSA) is 113 Å². The summed E-state index contributed by atoms with van der Waals surface area (Å²) in [5.41, 5.74) is 7.55. The SMILES string of the molecule is Cc1ccccc1C(=O)NNC(=O)CCc1nc2cc(S(=O)(=O)N3CCCCC3)ccc2n1C. The first kappa shape index (κ1) is 23.9. The van der Waals surface area contributed by atoms with E-state index in [1.165, 1.54) is 4.31 Å². The van der Waals surface area contributed by atoms with Crippen LogP contribution in [0.4, 0.5) is 0 Å². The summed E-state index contributed by atoms with van der Waals surface area (Å²) >= 11 is 0. The summed E-state index contributed by atoms with van der Waals surface area (Å²) in [4.78, 5) is 29.3. The van der Waals surface area contributed by atoms with Crippen molar-refractivity contribution >= 4 is 32.9 Å². The van der Waals surface area contributed by atoms with E-state index < -0.39 is 10.0 Å². The van der Waals surface area contributed by atoms with E-state index in [0.717, 1.165) is 30.3 Å². The summed E-state index contributed by atoms with van der Waals surface area (Å²) in [6.45, 7) is 2.92. The molecule has 0 radical (unpaired) electrons. The number of benzene rings is 2. The van der Waals surface area contributed by atoms with Crippen LogP contribution in [0.25, 0.3) is 11.0 Å². The molecule has 4 rings (SSSR count). The van der Waals surface area contributed by atoms with E-state index in [1.807, 2.05) is 30.7 Å². The third kappa shape index (κ3) is 4.97. The summed E-state index contributed by atoms with van der Waals surface area (Å²) in [5, 5.41) is 0. The van der Waals surface area contributed by atoms with Gasteiger partial charge in [-0.25, -0.2) is 13.4 Å². The zero-order chi connectivity index (χ0) is 24.3. The zero-order valence-electron chi connectivity index (χ0n) is 19.4. The number of aryl methyl sites for hydroxylation is 3. The molecule has 9 nitrogen and oxygen atoms in total. The smallest absolute Gasteiger partial charge is 0.269 e. The molecule has 0 unspecified atom stereocenters. The van der Waals surface area contributed by atoms with Gasteiger partial charge in [0.15, 0.2) is 0 Å². The van der Waals surface area contributed by atoms with Crippen LogP contribution in [0.5, 0.6) is 0 Å². The molecule has 1 aliphatic heterocycles. The highest BCUT2D eigenvalue weighted by Crippen LogP contribution is 2.24. The van der Waals surface area contributed by atoms with Crippen LogP contribution < -0.4 is 10.9 Å². The molecule has 0 atom stereocenters. The van der Waals surface area contributed by atoms with E-state index in [0.29, 0.717) is 36.4 Å². The van der Waals surface area contributed by atoms with Crippen LogP contribution in [0.1, 0.15) is 47.4 Å². The summed E-state index contributed by atoms with van der Waals surface area (Å²) in [7, 11) is -1.71. The Morgan fingerprint density at radius 2 is 1.76 bits per heavy atom. The van der Waals surface area contributed by atoms with Crippen molar-refractivity contribution in [2.45, 2.75) is 43.9 Å². The van der Waals surface area contributed by atoms with Crippen molar-refractivity contribution in [2.75, 3.05) is 13.1 Å². The summed E-state index contributed by atoms with van der Waals surface area (Å²) in [5.74, 6) is -0.0677. The van der Waals surface area contributed by atoms with E-state index >= 15 is 0 Å². The first-order valence-corrected chi connectivity index (χ1v) is 12.8. The highest BCUT2D eigenvalue weighted by molar-refractivity contribution is 7.89. The van der Waals surface area contributed by atoms with Crippen LogP contribution in [0.3, 0.4) is 0 Å². The normalized spacial score (nSPS) is 14.8. The molecule has 10 heteroatoms. The van der Waals surface area contributed by atoms with Gasteiger partial charge in [-0.15, -0.1) is 0 Å². The molecule has 2 N–H and O–H groups in total. The minimum absolute atomic E-state index is 0.115. The molecule has 1 aromatic heterocycles.